The summed E-state index contributed by atoms with van der Waals surface area (Å²) < 4.78 is 22.6. The molecule has 0 aliphatic heterocycles. The van der Waals surface area contributed by atoms with Crippen LogP contribution in [0.4, 0.5) is 0 Å². The highest BCUT2D eigenvalue weighted by Crippen LogP contribution is 2.33. The third kappa shape index (κ3) is 5.44. The lowest BCUT2D eigenvalue weighted by Gasteiger charge is -2.13. The Labute approximate surface area is 198 Å². The van der Waals surface area contributed by atoms with Crippen LogP contribution in [0.25, 0.3) is 22.1 Å². The highest BCUT2D eigenvalue weighted by atomic mass is 16.5. The number of hydrogen-bond donors (Lipinski definition) is 1. The van der Waals surface area contributed by atoms with Crippen LogP contribution in [0.5, 0.6) is 5.75 Å². The summed E-state index contributed by atoms with van der Waals surface area (Å²) in [7, 11) is 1.64. The number of carbonyl (C=O) groups excluding carboxylic acids is 1. The molecule has 0 aliphatic carbocycles. The number of carbonyl (C=O) groups is 1. The van der Waals surface area contributed by atoms with E-state index in [1.54, 1.807) is 20.2 Å². The predicted octanol–water partition coefficient (Wildman–Crippen LogP) is 4.78. The number of methoxy groups -OCH3 is 1. The van der Waals surface area contributed by atoms with Crippen molar-refractivity contribution in [3.8, 4) is 16.9 Å². The van der Waals surface area contributed by atoms with Gasteiger partial charge in [-0.05, 0) is 54.4 Å². The van der Waals surface area contributed by atoms with Gasteiger partial charge in [0.05, 0.1) is 18.7 Å². The summed E-state index contributed by atoms with van der Waals surface area (Å²) in [6.07, 6.45) is 1.91. The molecule has 7 heteroatoms. The average molecular weight is 461 g/mol. The molecule has 0 radical (unpaired) electrons. The zero-order valence-corrected chi connectivity index (χ0v) is 19.4. The first-order chi connectivity index (χ1) is 16.6. The van der Waals surface area contributed by atoms with Crippen molar-refractivity contribution in [3.05, 3.63) is 83.4 Å². The van der Waals surface area contributed by atoms with Crippen LogP contribution in [0.2, 0.25) is 0 Å². The maximum absolute atomic E-state index is 12.0. The van der Waals surface area contributed by atoms with Crippen molar-refractivity contribution in [2.45, 2.75) is 33.1 Å². The maximum atomic E-state index is 12.0. The van der Waals surface area contributed by atoms with E-state index in [2.05, 4.69) is 4.98 Å². The van der Waals surface area contributed by atoms with Crippen molar-refractivity contribution < 1.29 is 23.4 Å². The topological polar surface area (TPSA) is 96.8 Å². The number of ether oxygens (including phenoxy) is 3. The second kappa shape index (κ2) is 11.0. The van der Waals surface area contributed by atoms with Crippen LogP contribution < -0.4 is 10.5 Å². The number of pyridine rings is 1. The lowest BCUT2D eigenvalue weighted by Crippen LogP contribution is -2.09. The molecule has 0 saturated heterocycles. The standard InChI is InChI=1S/C27H28N2O5/c1-3-32-26(30)14-20-6-4-5-7-25(20)33-16-18-10-21-13-23(17-31-2)34-27(21)24(11-18)19-8-9-29-22(12-19)15-28/h4-13H,3,14-17,28H2,1-2H3. The number of furan rings is 1. The molecule has 2 aromatic carbocycles. The van der Waals surface area contributed by atoms with Crippen molar-refractivity contribution in [2.75, 3.05) is 13.7 Å². The van der Waals surface area contributed by atoms with Gasteiger partial charge >= 0.3 is 5.97 Å². The van der Waals surface area contributed by atoms with Crippen LogP contribution in [0.3, 0.4) is 0 Å². The van der Waals surface area contributed by atoms with E-state index in [1.807, 2.05) is 54.6 Å². The Balaban J connectivity index is 1.67. The van der Waals surface area contributed by atoms with Crippen LogP contribution in [0.1, 0.15) is 29.5 Å². The van der Waals surface area contributed by atoms with E-state index < -0.39 is 0 Å². The third-order valence-corrected chi connectivity index (χ3v) is 5.36. The summed E-state index contributed by atoms with van der Waals surface area (Å²) in [4.78, 5) is 16.3. The fraction of sp³-hybridized carbons (Fsp3) is 0.259. The molecule has 0 fully saturated rings. The lowest BCUT2D eigenvalue weighted by atomic mass is 10.0. The molecule has 7 nitrogen and oxygen atoms in total. The van der Waals surface area contributed by atoms with E-state index in [0.29, 0.717) is 32.1 Å². The number of nitrogens with zero attached hydrogens (tertiary/aromatic N) is 1. The number of benzene rings is 2. The summed E-state index contributed by atoms with van der Waals surface area (Å²) in [6, 6.07) is 17.5. The fourth-order valence-electron chi connectivity index (χ4n) is 3.86. The van der Waals surface area contributed by atoms with E-state index >= 15 is 0 Å². The molecule has 0 unspecified atom stereocenters. The number of nitrogens with two attached hydrogens (primary N) is 1. The van der Waals surface area contributed by atoms with Crippen molar-refractivity contribution in [2.24, 2.45) is 5.73 Å². The number of para-hydroxylation sites is 1. The van der Waals surface area contributed by atoms with Crippen LogP contribution in [-0.4, -0.2) is 24.7 Å². The molecular formula is C27H28N2O5. The third-order valence-electron chi connectivity index (χ3n) is 5.36. The molecule has 176 valence electrons. The number of esters is 1. The predicted molar refractivity (Wildman–Crippen MR) is 129 cm³/mol. The summed E-state index contributed by atoms with van der Waals surface area (Å²) in [5, 5.41) is 0.953. The molecule has 2 heterocycles. The van der Waals surface area contributed by atoms with Gasteiger partial charge in [0.15, 0.2) is 0 Å². The molecule has 2 aromatic heterocycles. The Morgan fingerprint density at radius 3 is 2.74 bits per heavy atom. The largest absolute Gasteiger partial charge is 0.489 e. The van der Waals surface area contributed by atoms with Gasteiger partial charge in [0, 0.05) is 36.4 Å². The van der Waals surface area contributed by atoms with Gasteiger partial charge in [-0.1, -0.05) is 18.2 Å². The number of fused-ring (bicyclic) bond motifs is 1. The van der Waals surface area contributed by atoms with Crippen LogP contribution in [0.15, 0.2) is 65.2 Å². The highest BCUT2D eigenvalue weighted by molar-refractivity contribution is 5.93. The van der Waals surface area contributed by atoms with Crippen molar-refractivity contribution >= 4 is 16.9 Å². The van der Waals surface area contributed by atoms with E-state index in [9.17, 15) is 4.79 Å². The Bertz CT molecular complexity index is 1280. The molecule has 34 heavy (non-hydrogen) atoms. The molecular weight excluding hydrogens is 432 g/mol. The van der Waals surface area contributed by atoms with Gasteiger partial charge in [-0.25, -0.2) is 0 Å². The van der Waals surface area contributed by atoms with Gasteiger partial charge in [-0.3, -0.25) is 9.78 Å². The van der Waals surface area contributed by atoms with Crippen molar-refractivity contribution in [1.29, 1.82) is 0 Å². The fourth-order valence-corrected chi connectivity index (χ4v) is 3.86. The lowest BCUT2D eigenvalue weighted by molar-refractivity contribution is -0.142. The monoisotopic (exact) mass is 460 g/mol. The second-order valence-corrected chi connectivity index (χ2v) is 7.83. The van der Waals surface area contributed by atoms with Gasteiger partial charge in [-0.2, -0.15) is 0 Å². The Morgan fingerprint density at radius 1 is 1.09 bits per heavy atom. The Morgan fingerprint density at radius 2 is 1.94 bits per heavy atom. The van der Waals surface area contributed by atoms with E-state index in [1.165, 1.54) is 0 Å². The first kappa shape index (κ1) is 23.5. The highest BCUT2D eigenvalue weighted by Gasteiger charge is 2.15. The molecule has 0 aliphatic rings. The molecule has 0 bridgehead atoms. The minimum absolute atomic E-state index is 0.162. The zero-order chi connectivity index (χ0) is 23.9. The molecule has 0 spiro atoms. The van der Waals surface area contributed by atoms with Gasteiger partial charge in [-0.15, -0.1) is 0 Å². The van der Waals surface area contributed by atoms with Crippen LogP contribution in [-0.2, 0) is 40.4 Å². The van der Waals surface area contributed by atoms with E-state index in [0.717, 1.165) is 44.7 Å². The molecule has 4 aromatic rings. The SMILES string of the molecule is CCOC(=O)Cc1ccccc1OCc1cc(-c2ccnc(CN)c2)c2oc(COC)cc2c1. The molecule has 4 rings (SSSR count). The first-order valence-corrected chi connectivity index (χ1v) is 11.2. The van der Waals surface area contributed by atoms with Gasteiger partial charge < -0.3 is 24.4 Å². The van der Waals surface area contributed by atoms with E-state index in [4.69, 9.17) is 24.4 Å². The minimum Gasteiger partial charge on any atom is -0.489 e. The minimum atomic E-state index is -0.278. The van der Waals surface area contributed by atoms with Crippen molar-refractivity contribution in [3.63, 3.8) is 0 Å². The maximum Gasteiger partial charge on any atom is 0.310 e. The van der Waals surface area contributed by atoms with Crippen LogP contribution in [0, 0.1) is 0 Å². The Hall–Kier alpha value is -3.68. The normalized spacial score (nSPS) is 11.0. The summed E-state index contributed by atoms with van der Waals surface area (Å²) in [5.74, 6) is 1.11. The quantitative estimate of drug-likeness (QED) is 0.340. The van der Waals surface area contributed by atoms with Gasteiger partial charge in [0.1, 0.15) is 30.3 Å². The van der Waals surface area contributed by atoms with Crippen molar-refractivity contribution in [1.82, 2.24) is 4.98 Å². The number of hydrogen-bond acceptors (Lipinski definition) is 7. The Kier molecular flexibility index (Phi) is 7.57. The smallest absolute Gasteiger partial charge is 0.310 e. The average Bonchev–Trinajstić information content (AvgIpc) is 3.26. The zero-order valence-electron chi connectivity index (χ0n) is 19.4. The summed E-state index contributed by atoms with van der Waals surface area (Å²) in [6.45, 7) is 3.20. The van der Waals surface area contributed by atoms with E-state index in [-0.39, 0.29) is 12.4 Å². The van der Waals surface area contributed by atoms with Gasteiger partial charge in [0.25, 0.3) is 0 Å². The molecule has 0 atom stereocenters. The molecule has 0 amide bonds. The van der Waals surface area contributed by atoms with Gasteiger partial charge in [0.2, 0.25) is 0 Å². The number of aromatic nitrogens is 1. The first-order valence-electron chi connectivity index (χ1n) is 11.2. The summed E-state index contributed by atoms with van der Waals surface area (Å²) in [5.41, 5.74) is 11.0. The second-order valence-electron chi connectivity index (χ2n) is 7.83. The molecule has 2 N–H and O–H groups in total. The number of rotatable bonds is 10. The molecule has 0 saturated carbocycles. The van der Waals surface area contributed by atoms with Crippen LogP contribution >= 0.6 is 0 Å². The summed E-state index contributed by atoms with van der Waals surface area (Å²) >= 11 is 0.